The van der Waals surface area contributed by atoms with Gasteiger partial charge in [-0.3, -0.25) is 4.79 Å². The molecule has 0 saturated carbocycles. The van der Waals surface area contributed by atoms with Crippen molar-refractivity contribution in [1.82, 2.24) is 0 Å². The largest absolute Gasteiger partial charge is 0.322 e. The summed E-state index contributed by atoms with van der Waals surface area (Å²) in [5.41, 5.74) is 2.40. The molecule has 0 saturated heterocycles. The van der Waals surface area contributed by atoms with E-state index in [2.05, 4.69) is 40.5 Å². The molecule has 2 aromatic carbocycles. The highest BCUT2D eigenvalue weighted by molar-refractivity contribution is 14.1. The molecule has 2 aromatic rings. The first-order valence-corrected chi connectivity index (χ1v) is 6.95. The number of amides is 1. The summed E-state index contributed by atoms with van der Waals surface area (Å²) in [7, 11) is 0. The fourth-order valence-electron chi connectivity index (χ4n) is 1.62. The van der Waals surface area contributed by atoms with Gasteiger partial charge in [-0.2, -0.15) is 0 Å². The first kappa shape index (κ1) is 13.4. The first-order valence-electron chi connectivity index (χ1n) is 5.43. The minimum Gasteiger partial charge on any atom is -0.322 e. The zero-order chi connectivity index (χ0) is 13.1. The molecule has 0 unspecified atom stereocenters. The van der Waals surface area contributed by atoms with Crippen LogP contribution in [0.3, 0.4) is 0 Å². The van der Waals surface area contributed by atoms with Crippen molar-refractivity contribution in [3.05, 3.63) is 57.2 Å². The summed E-state index contributed by atoms with van der Waals surface area (Å²) in [6.45, 7) is 1.91. The fourth-order valence-corrected chi connectivity index (χ4v) is 2.37. The summed E-state index contributed by atoms with van der Waals surface area (Å²) in [5.74, 6) is -0.106. The fraction of sp³-hybridized carbons (Fsp3) is 0.0714. The van der Waals surface area contributed by atoms with Crippen molar-refractivity contribution in [2.45, 2.75) is 11.8 Å². The van der Waals surface area contributed by atoms with Crippen LogP contribution in [0.4, 0.5) is 5.69 Å². The molecular formula is C14H12INOS. The molecule has 0 aliphatic rings. The lowest BCUT2D eigenvalue weighted by Gasteiger charge is -2.08. The van der Waals surface area contributed by atoms with Gasteiger partial charge in [0.2, 0.25) is 0 Å². The van der Waals surface area contributed by atoms with Gasteiger partial charge in [0.1, 0.15) is 0 Å². The summed E-state index contributed by atoms with van der Waals surface area (Å²) in [5, 5.41) is 2.89. The number of benzene rings is 2. The molecule has 1 N–H and O–H groups in total. The zero-order valence-electron chi connectivity index (χ0n) is 9.77. The van der Waals surface area contributed by atoms with Crippen LogP contribution in [0.25, 0.3) is 0 Å². The van der Waals surface area contributed by atoms with Crippen LogP contribution < -0.4 is 5.32 Å². The maximum Gasteiger partial charge on any atom is 0.255 e. The lowest BCUT2D eigenvalue weighted by molar-refractivity contribution is 0.102. The van der Waals surface area contributed by atoms with Crippen molar-refractivity contribution >= 4 is 46.8 Å². The number of nitrogens with one attached hydrogen (secondary N) is 1. The molecule has 0 aliphatic carbocycles. The minimum atomic E-state index is -0.106. The Balaban J connectivity index is 2.24. The molecule has 0 aliphatic heterocycles. The maximum absolute atomic E-state index is 12.2. The van der Waals surface area contributed by atoms with Crippen molar-refractivity contribution in [2.24, 2.45) is 0 Å². The highest BCUT2D eigenvalue weighted by Gasteiger charge is 2.09. The Morgan fingerprint density at radius 3 is 2.72 bits per heavy atom. The van der Waals surface area contributed by atoms with Gasteiger partial charge in [-0.1, -0.05) is 12.1 Å². The van der Waals surface area contributed by atoms with Crippen molar-refractivity contribution < 1.29 is 4.79 Å². The summed E-state index contributed by atoms with van der Waals surface area (Å²) in [6, 6.07) is 13.3. The molecular weight excluding hydrogens is 357 g/mol. The topological polar surface area (TPSA) is 29.1 Å². The molecule has 0 fully saturated rings. The Hall–Kier alpha value is -1.01. The van der Waals surface area contributed by atoms with Gasteiger partial charge in [-0.25, -0.2) is 0 Å². The van der Waals surface area contributed by atoms with Gasteiger partial charge >= 0.3 is 0 Å². The van der Waals surface area contributed by atoms with Gasteiger partial charge in [0, 0.05) is 19.7 Å². The lowest BCUT2D eigenvalue weighted by atomic mass is 10.1. The highest BCUT2D eigenvalue weighted by Crippen LogP contribution is 2.17. The van der Waals surface area contributed by atoms with Crippen LogP contribution in [-0.4, -0.2) is 5.91 Å². The second kappa shape index (κ2) is 5.75. The molecule has 92 valence electrons. The van der Waals surface area contributed by atoms with Crippen LogP contribution in [-0.2, 0) is 0 Å². The number of hydrogen-bond donors (Lipinski definition) is 2. The number of thiol groups is 1. The van der Waals surface area contributed by atoms with Gasteiger partial charge in [0.05, 0.1) is 0 Å². The van der Waals surface area contributed by atoms with E-state index in [9.17, 15) is 4.79 Å². The normalized spacial score (nSPS) is 10.2. The zero-order valence-corrected chi connectivity index (χ0v) is 12.8. The molecule has 0 atom stereocenters. The number of halogens is 1. The van der Waals surface area contributed by atoms with E-state index >= 15 is 0 Å². The predicted molar refractivity (Wildman–Crippen MR) is 85.5 cm³/mol. The van der Waals surface area contributed by atoms with E-state index in [1.165, 1.54) is 0 Å². The molecule has 4 heteroatoms. The highest BCUT2D eigenvalue weighted by atomic mass is 127. The van der Waals surface area contributed by atoms with E-state index in [1.807, 2.05) is 43.3 Å². The molecule has 0 aromatic heterocycles. The molecule has 1 amide bonds. The molecule has 18 heavy (non-hydrogen) atoms. The van der Waals surface area contributed by atoms with E-state index < -0.39 is 0 Å². The SMILES string of the molecule is Cc1ccc(S)cc1C(=O)Nc1cccc(I)c1. The van der Waals surface area contributed by atoms with Crippen LogP contribution in [0.15, 0.2) is 47.4 Å². The second-order valence-corrected chi connectivity index (χ2v) is 5.73. The number of carbonyl (C=O) groups is 1. The van der Waals surface area contributed by atoms with Gasteiger partial charge < -0.3 is 5.32 Å². The maximum atomic E-state index is 12.2. The summed E-state index contributed by atoms with van der Waals surface area (Å²) in [6.07, 6.45) is 0. The third-order valence-corrected chi connectivity index (χ3v) is 3.50. The quantitative estimate of drug-likeness (QED) is 0.605. The first-order chi connectivity index (χ1) is 8.56. The van der Waals surface area contributed by atoms with Gasteiger partial charge in [0.25, 0.3) is 5.91 Å². The Kier molecular flexibility index (Phi) is 4.29. The Bertz CT molecular complexity index is 598. The van der Waals surface area contributed by atoms with Crippen LogP contribution >= 0.6 is 35.2 Å². The summed E-state index contributed by atoms with van der Waals surface area (Å²) < 4.78 is 1.09. The van der Waals surface area contributed by atoms with Crippen molar-refractivity contribution in [3.8, 4) is 0 Å². The standard InChI is InChI=1S/C14H12INOS/c1-9-5-6-12(18)8-13(9)14(17)16-11-4-2-3-10(15)7-11/h2-8,18H,1H3,(H,16,17). The third-order valence-electron chi connectivity index (χ3n) is 2.55. The monoisotopic (exact) mass is 369 g/mol. The molecule has 0 bridgehead atoms. The molecule has 2 rings (SSSR count). The Labute approximate surface area is 125 Å². The molecule has 0 radical (unpaired) electrons. The molecule has 0 heterocycles. The van der Waals surface area contributed by atoms with E-state index in [0.717, 1.165) is 19.7 Å². The van der Waals surface area contributed by atoms with Crippen LogP contribution in [0.5, 0.6) is 0 Å². The second-order valence-electron chi connectivity index (χ2n) is 3.96. The van der Waals surface area contributed by atoms with Crippen molar-refractivity contribution in [3.63, 3.8) is 0 Å². The number of anilines is 1. The summed E-state index contributed by atoms with van der Waals surface area (Å²) >= 11 is 6.47. The van der Waals surface area contributed by atoms with Gasteiger partial charge in [0.15, 0.2) is 0 Å². The van der Waals surface area contributed by atoms with Crippen LogP contribution in [0.1, 0.15) is 15.9 Å². The van der Waals surface area contributed by atoms with Gasteiger partial charge in [-0.05, 0) is 65.4 Å². The number of aryl methyl sites for hydroxylation is 1. The number of carbonyl (C=O) groups excluding carboxylic acids is 1. The van der Waals surface area contributed by atoms with Crippen molar-refractivity contribution in [2.75, 3.05) is 5.32 Å². The van der Waals surface area contributed by atoms with E-state index in [-0.39, 0.29) is 5.91 Å². The van der Waals surface area contributed by atoms with E-state index in [0.29, 0.717) is 5.56 Å². The van der Waals surface area contributed by atoms with Crippen molar-refractivity contribution in [1.29, 1.82) is 0 Å². The lowest BCUT2D eigenvalue weighted by Crippen LogP contribution is -2.13. The van der Waals surface area contributed by atoms with Gasteiger partial charge in [-0.15, -0.1) is 12.6 Å². The number of hydrogen-bond acceptors (Lipinski definition) is 2. The van der Waals surface area contributed by atoms with Crippen LogP contribution in [0.2, 0.25) is 0 Å². The molecule has 2 nitrogen and oxygen atoms in total. The third kappa shape index (κ3) is 3.26. The minimum absolute atomic E-state index is 0.106. The van der Waals surface area contributed by atoms with Crippen LogP contribution in [0, 0.1) is 10.5 Å². The van der Waals surface area contributed by atoms with E-state index in [1.54, 1.807) is 6.07 Å². The average molecular weight is 369 g/mol. The molecule has 0 spiro atoms. The Morgan fingerprint density at radius 1 is 1.22 bits per heavy atom. The number of rotatable bonds is 2. The average Bonchev–Trinajstić information content (AvgIpc) is 2.32. The van der Waals surface area contributed by atoms with E-state index in [4.69, 9.17) is 0 Å². The smallest absolute Gasteiger partial charge is 0.255 e. The predicted octanol–water partition coefficient (Wildman–Crippen LogP) is 4.14. The Morgan fingerprint density at radius 2 is 2.00 bits per heavy atom. The summed E-state index contributed by atoms with van der Waals surface area (Å²) in [4.78, 5) is 12.9.